The number of morpholine rings is 1. The average Bonchev–Trinajstić information content (AvgIpc) is 2.45. The predicted molar refractivity (Wildman–Crippen MR) is 72.8 cm³/mol. The summed E-state index contributed by atoms with van der Waals surface area (Å²) in [5.41, 5.74) is 0. The van der Waals surface area contributed by atoms with Gasteiger partial charge in [-0.3, -0.25) is 9.59 Å². The SMILES string of the molecule is CCCNC(=O)C1COCCN1C(=O)CCCNC. The van der Waals surface area contributed by atoms with Crippen molar-refractivity contribution in [1.29, 1.82) is 0 Å². The summed E-state index contributed by atoms with van der Waals surface area (Å²) in [6.45, 7) is 4.75. The molecule has 19 heavy (non-hydrogen) atoms. The van der Waals surface area contributed by atoms with Crippen LogP contribution in [0.3, 0.4) is 0 Å². The number of nitrogens with one attached hydrogen (secondary N) is 2. The van der Waals surface area contributed by atoms with Gasteiger partial charge in [0.05, 0.1) is 13.2 Å². The first-order valence-corrected chi connectivity index (χ1v) is 7.00. The Morgan fingerprint density at radius 3 is 2.84 bits per heavy atom. The van der Waals surface area contributed by atoms with Gasteiger partial charge in [-0.05, 0) is 26.4 Å². The van der Waals surface area contributed by atoms with Crippen LogP contribution in [0.4, 0.5) is 0 Å². The number of nitrogens with zero attached hydrogens (tertiary/aromatic N) is 1. The quantitative estimate of drug-likeness (QED) is 0.626. The molecule has 6 nitrogen and oxygen atoms in total. The molecule has 1 aliphatic heterocycles. The van der Waals surface area contributed by atoms with Crippen molar-refractivity contribution in [2.24, 2.45) is 0 Å². The zero-order valence-corrected chi connectivity index (χ0v) is 11.9. The molecule has 2 amide bonds. The highest BCUT2D eigenvalue weighted by Gasteiger charge is 2.32. The first kappa shape index (κ1) is 15.9. The number of ether oxygens (including phenoxy) is 1. The van der Waals surface area contributed by atoms with E-state index in [1.807, 2.05) is 14.0 Å². The maximum atomic E-state index is 12.1. The van der Waals surface area contributed by atoms with Crippen molar-refractivity contribution >= 4 is 11.8 Å². The van der Waals surface area contributed by atoms with Crippen LogP contribution in [0.25, 0.3) is 0 Å². The Labute approximate surface area is 114 Å². The second-order valence-corrected chi connectivity index (χ2v) is 4.68. The zero-order chi connectivity index (χ0) is 14.1. The lowest BCUT2D eigenvalue weighted by Crippen LogP contribution is -2.56. The molecule has 1 fully saturated rings. The summed E-state index contributed by atoms with van der Waals surface area (Å²) in [6.07, 6.45) is 2.14. The van der Waals surface area contributed by atoms with Gasteiger partial charge in [-0.1, -0.05) is 6.92 Å². The van der Waals surface area contributed by atoms with E-state index in [1.54, 1.807) is 4.90 Å². The van der Waals surface area contributed by atoms with Crippen LogP contribution in [0, 0.1) is 0 Å². The van der Waals surface area contributed by atoms with Crippen LogP contribution < -0.4 is 10.6 Å². The molecule has 0 aromatic rings. The molecule has 1 unspecified atom stereocenters. The Bertz CT molecular complexity index is 297. The molecule has 1 saturated heterocycles. The van der Waals surface area contributed by atoms with E-state index >= 15 is 0 Å². The lowest BCUT2D eigenvalue weighted by atomic mass is 10.1. The molecule has 6 heteroatoms. The summed E-state index contributed by atoms with van der Waals surface area (Å²) < 4.78 is 5.32. The highest BCUT2D eigenvalue weighted by molar-refractivity contribution is 5.88. The van der Waals surface area contributed by atoms with Crippen molar-refractivity contribution in [3.05, 3.63) is 0 Å². The van der Waals surface area contributed by atoms with Gasteiger partial charge >= 0.3 is 0 Å². The Morgan fingerprint density at radius 1 is 1.37 bits per heavy atom. The fraction of sp³-hybridized carbons (Fsp3) is 0.846. The highest BCUT2D eigenvalue weighted by atomic mass is 16.5. The number of amides is 2. The first-order chi connectivity index (χ1) is 9.20. The van der Waals surface area contributed by atoms with Crippen LogP contribution in [-0.2, 0) is 14.3 Å². The van der Waals surface area contributed by atoms with Gasteiger partial charge < -0.3 is 20.3 Å². The summed E-state index contributed by atoms with van der Waals surface area (Å²) in [4.78, 5) is 25.8. The van der Waals surface area contributed by atoms with Crippen LogP contribution in [-0.4, -0.2) is 62.7 Å². The number of carbonyl (C=O) groups is 2. The molecular weight excluding hydrogens is 246 g/mol. The third-order valence-corrected chi connectivity index (χ3v) is 3.12. The average molecular weight is 271 g/mol. The number of rotatable bonds is 7. The second-order valence-electron chi connectivity index (χ2n) is 4.68. The van der Waals surface area contributed by atoms with Crippen LogP contribution in [0.15, 0.2) is 0 Å². The Balaban J connectivity index is 2.51. The molecule has 110 valence electrons. The summed E-state index contributed by atoms with van der Waals surface area (Å²) in [7, 11) is 1.86. The molecular formula is C13H25N3O3. The van der Waals surface area contributed by atoms with Crippen LogP contribution in [0.2, 0.25) is 0 Å². The summed E-state index contributed by atoms with van der Waals surface area (Å²) >= 11 is 0. The minimum absolute atomic E-state index is 0.0372. The molecule has 0 spiro atoms. The van der Waals surface area contributed by atoms with Crippen molar-refractivity contribution in [3.63, 3.8) is 0 Å². The molecule has 0 aromatic heterocycles. The van der Waals surface area contributed by atoms with Crippen molar-refractivity contribution in [1.82, 2.24) is 15.5 Å². The number of carbonyl (C=O) groups excluding carboxylic acids is 2. The minimum Gasteiger partial charge on any atom is -0.377 e. The van der Waals surface area contributed by atoms with Gasteiger partial charge in [0.1, 0.15) is 6.04 Å². The third-order valence-electron chi connectivity index (χ3n) is 3.12. The molecule has 0 bridgehead atoms. The predicted octanol–water partition coefficient (Wildman–Crippen LogP) is -0.260. The van der Waals surface area contributed by atoms with Crippen molar-refractivity contribution in [2.45, 2.75) is 32.2 Å². The first-order valence-electron chi connectivity index (χ1n) is 7.00. The standard InChI is InChI=1S/C13H25N3O3/c1-3-6-15-13(18)11-10-19-9-8-16(11)12(17)5-4-7-14-2/h11,14H,3-10H2,1-2H3,(H,15,18). The Morgan fingerprint density at radius 2 is 2.16 bits per heavy atom. The largest absolute Gasteiger partial charge is 0.377 e. The molecule has 2 N–H and O–H groups in total. The lowest BCUT2D eigenvalue weighted by molar-refractivity contribution is -0.148. The summed E-state index contributed by atoms with van der Waals surface area (Å²) in [6, 6.07) is -0.470. The van der Waals surface area contributed by atoms with E-state index in [1.165, 1.54) is 0 Å². The van der Waals surface area contributed by atoms with Gasteiger partial charge in [0.15, 0.2) is 0 Å². The van der Waals surface area contributed by atoms with Crippen molar-refractivity contribution in [2.75, 3.05) is 39.9 Å². The summed E-state index contributed by atoms with van der Waals surface area (Å²) in [5, 5.41) is 5.84. The molecule has 1 atom stereocenters. The molecule has 0 aromatic carbocycles. The van der Waals surface area contributed by atoms with Crippen LogP contribution in [0.5, 0.6) is 0 Å². The fourth-order valence-electron chi connectivity index (χ4n) is 2.05. The lowest BCUT2D eigenvalue weighted by Gasteiger charge is -2.34. The van der Waals surface area contributed by atoms with E-state index in [9.17, 15) is 9.59 Å². The Kier molecular flexibility index (Phi) is 7.43. The molecule has 1 heterocycles. The summed E-state index contributed by atoms with van der Waals surface area (Å²) in [5.74, 6) is -0.0706. The van der Waals surface area contributed by atoms with E-state index in [2.05, 4.69) is 10.6 Å². The topological polar surface area (TPSA) is 70.7 Å². The third kappa shape index (κ3) is 5.16. The van der Waals surface area contributed by atoms with E-state index in [4.69, 9.17) is 4.74 Å². The minimum atomic E-state index is -0.470. The monoisotopic (exact) mass is 271 g/mol. The van der Waals surface area contributed by atoms with E-state index < -0.39 is 6.04 Å². The normalized spacial score (nSPS) is 19.3. The van der Waals surface area contributed by atoms with Gasteiger partial charge in [0.2, 0.25) is 11.8 Å². The molecule has 0 radical (unpaired) electrons. The highest BCUT2D eigenvalue weighted by Crippen LogP contribution is 2.10. The van der Waals surface area contributed by atoms with Crippen molar-refractivity contribution < 1.29 is 14.3 Å². The van der Waals surface area contributed by atoms with Crippen LogP contribution >= 0.6 is 0 Å². The van der Waals surface area contributed by atoms with Gasteiger partial charge in [0.25, 0.3) is 0 Å². The van der Waals surface area contributed by atoms with Crippen LogP contribution in [0.1, 0.15) is 26.2 Å². The number of hydrogen-bond acceptors (Lipinski definition) is 4. The van der Waals surface area contributed by atoms with Gasteiger partial charge in [0, 0.05) is 19.5 Å². The van der Waals surface area contributed by atoms with Gasteiger partial charge in [-0.15, -0.1) is 0 Å². The molecule has 1 rings (SSSR count). The van der Waals surface area contributed by atoms with Gasteiger partial charge in [-0.25, -0.2) is 0 Å². The smallest absolute Gasteiger partial charge is 0.245 e. The molecule has 1 aliphatic rings. The zero-order valence-electron chi connectivity index (χ0n) is 11.9. The number of hydrogen-bond donors (Lipinski definition) is 2. The second kappa shape index (κ2) is 8.87. The van der Waals surface area contributed by atoms with E-state index in [0.29, 0.717) is 32.7 Å². The fourth-order valence-corrected chi connectivity index (χ4v) is 2.05. The molecule has 0 aliphatic carbocycles. The van der Waals surface area contributed by atoms with E-state index in [0.717, 1.165) is 19.4 Å². The maximum Gasteiger partial charge on any atom is 0.245 e. The van der Waals surface area contributed by atoms with E-state index in [-0.39, 0.29) is 11.8 Å². The van der Waals surface area contributed by atoms with Crippen molar-refractivity contribution in [3.8, 4) is 0 Å². The molecule has 0 saturated carbocycles. The maximum absolute atomic E-state index is 12.1. The Hall–Kier alpha value is -1.14. The van der Waals surface area contributed by atoms with Gasteiger partial charge in [-0.2, -0.15) is 0 Å².